The van der Waals surface area contributed by atoms with Gasteiger partial charge in [0.25, 0.3) is 5.91 Å². The molecule has 0 spiro atoms. The number of nitrogen functional groups attached to an aromatic ring is 1. The zero-order chi connectivity index (χ0) is 13.0. The molecular formula is C9H15N5O3. The van der Waals surface area contributed by atoms with Crippen LogP contribution in [0.4, 0.5) is 5.95 Å². The molecule has 0 aliphatic heterocycles. The number of hydrogen-bond acceptors (Lipinski definition) is 6. The molecule has 1 amide bonds. The second-order valence-corrected chi connectivity index (χ2v) is 3.67. The number of rotatable bonds is 4. The van der Waals surface area contributed by atoms with Gasteiger partial charge in [-0.15, -0.1) is 5.10 Å². The quantitative estimate of drug-likeness (QED) is 0.670. The van der Waals surface area contributed by atoms with Crippen molar-refractivity contribution in [2.75, 3.05) is 19.8 Å². The molecule has 0 saturated heterocycles. The van der Waals surface area contributed by atoms with Gasteiger partial charge in [0.1, 0.15) is 12.9 Å². The summed E-state index contributed by atoms with van der Waals surface area (Å²) in [6.45, 7) is 1.38. The number of nitrogens with two attached hydrogens (primary N) is 1. The molecule has 1 aromatic rings. The minimum atomic E-state index is -0.821. The van der Waals surface area contributed by atoms with E-state index in [1.165, 1.54) is 22.8 Å². The topological polar surface area (TPSA) is 103 Å². The molecule has 1 unspecified atom stereocenters. The lowest BCUT2D eigenvalue weighted by atomic mass is 10.3. The highest BCUT2D eigenvalue weighted by Crippen LogP contribution is 1.98. The monoisotopic (exact) mass is 241 g/mol. The van der Waals surface area contributed by atoms with Gasteiger partial charge in [-0.05, 0) is 6.92 Å². The first-order chi connectivity index (χ1) is 7.90. The summed E-state index contributed by atoms with van der Waals surface area (Å²) in [5.74, 6) is -0.774. The van der Waals surface area contributed by atoms with Crippen LogP contribution < -0.4 is 5.73 Å². The van der Waals surface area contributed by atoms with Gasteiger partial charge in [-0.3, -0.25) is 9.59 Å². The maximum absolute atomic E-state index is 11.4. The van der Waals surface area contributed by atoms with Crippen LogP contribution in [-0.2, 0) is 20.9 Å². The van der Waals surface area contributed by atoms with Crippen LogP contribution in [0.1, 0.15) is 6.92 Å². The average molecular weight is 241 g/mol. The lowest BCUT2D eigenvalue weighted by molar-refractivity contribution is -0.158. The van der Waals surface area contributed by atoms with Crippen LogP contribution in [0.15, 0.2) is 6.33 Å². The summed E-state index contributed by atoms with van der Waals surface area (Å²) >= 11 is 0. The zero-order valence-electron chi connectivity index (χ0n) is 9.95. The predicted octanol–water partition coefficient (Wildman–Crippen LogP) is -1.12. The van der Waals surface area contributed by atoms with E-state index in [1.54, 1.807) is 14.1 Å². The largest absolute Gasteiger partial charge is 0.451 e. The molecule has 0 saturated carbocycles. The van der Waals surface area contributed by atoms with Gasteiger partial charge >= 0.3 is 5.97 Å². The molecule has 94 valence electrons. The van der Waals surface area contributed by atoms with Crippen LogP contribution in [0.2, 0.25) is 0 Å². The molecule has 0 aromatic carbocycles. The predicted molar refractivity (Wildman–Crippen MR) is 58.7 cm³/mol. The fraction of sp³-hybridized carbons (Fsp3) is 0.556. The average Bonchev–Trinajstić information content (AvgIpc) is 2.62. The molecule has 0 aliphatic rings. The van der Waals surface area contributed by atoms with Crippen LogP contribution in [0.5, 0.6) is 0 Å². The summed E-state index contributed by atoms with van der Waals surface area (Å²) in [5, 5.41) is 3.73. The van der Waals surface area contributed by atoms with Gasteiger partial charge in [0, 0.05) is 14.1 Å². The summed E-state index contributed by atoms with van der Waals surface area (Å²) < 4.78 is 6.17. The minimum Gasteiger partial charge on any atom is -0.451 e. The van der Waals surface area contributed by atoms with Gasteiger partial charge < -0.3 is 15.4 Å². The molecule has 2 N–H and O–H groups in total. The van der Waals surface area contributed by atoms with Gasteiger partial charge in [-0.25, -0.2) is 9.67 Å². The Morgan fingerprint density at radius 2 is 2.24 bits per heavy atom. The van der Waals surface area contributed by atoms with E-state index in [-0.39, 0.29) is 18.4 Å². The van der Waals surface area contributed by atoms with E-state index in [2.05, 4.69) is 10.1 Å². The Bertz CT molecular complexity index is 415. The van der Waals surface area contributed by atoms with Crippen molar-refractivity contribution in [2.45, 2.75) is 19.6 Å². The van der Waals surface area contributed by atoms with E-state index in [9.17, 15) is 9.59 Å². The van der Waals surface area contributed by atoms with Crippen molar-refractivity contribution in [2.24, 2.45) is 0 Å². The molecule has 8 nitrogen and oxygen atoms in total. The molecule has 0 aliphatic carbocycles. The van der Waals surface area contributed by atoms with Gasteiger partial charge in [0.2, 0.25) is 5.95 Å². The van der Waals surface area contributed by atoms with Crippen molar-refractivity contribution < 1.29 is 14.3 Å². The number of ether oxygens (including phenoxy) is 1. The van der Waals surface area contributed by atoms with Crippen molar-refractivity contribution in [3.63, 3.8) is 0 Å². The molecule has 1 aromatic heterocycles. The minimum absolute atomic E-state index is 0.0789. The number of amides is 1. The summed E-state index contributed by atoms with van der Waals surface area (Å²) in [7, 11) is 3.18. The van der Waals surface area contributed by atoms with Crippen molar-refractivity contribution in [3.8, 4) is 0 Å². The summed E-state index contributed by atoms with van der Waals surface area (Å²) in [5.41, 5.74) is 5.29. The Hall–Kier alpha value is -2.12. The maximum Gasteiger partial charge on any atom is 0.328 e. The Labute approximate surface area is 98.3 Å². The Kier molecular flexibility index (Phi) is 4.02. The fourth-order valence-electron chi connectivity index (χ4n) is 1.17. The molecule has 1 rings (SSSR count). The van der Waals surface area contributed by atoms with Gasteiger partial charge in [-0.2, -0.15) is 0 Å². The second-order valence-electron chi connectivity index (χ2n) is 3.67. The van der Waals surface area contributed by atoms with Crippen LogP contribution in [-0.4, -0.2) is 51.7 Å². The lowest BCUT2D eigenvalue weighted by Crippen LogP contribution is -2.35. The third-order valence-corrected chi connectivity index (χ3v) is 1.94. The highest BCUT2D eigenvalue weighted by molar-refractivity contribution is 5.82. The Balaban J connectivity index is 2.47. The fourth-order valence-corrected chi connectivity index (χ4v) is 1.17. The molecule has 1 atom stereocenters. The summed E-state index contributed by atoms with van der Waals surface area (Å²) in [4.78, 5) is 27.9. The molecule has 1 heterocycles. The first-order valence-corrected chi connectivity index (χ1v) is 4.95. The molecule has 0 fully saturated rings. The van der Waals surface area contributed by atoms with Crippen LogP contribution in [0.3, 0.4) is 0 Å². The molecular weight excluding hydrogens is 226 g/mol. The van der Waals surface area contributed by atoms with Gasteiger partial charge in [0.15, 0.2) is 6.10 Å². The van der Waals surface area contributed by atoms with E-state index >= 15 is 0 Å². The number of likely N-dealkylation sites (N-methyl/N-ethyl adjacent to an activating group) is 1. The van der Waals surface area contributed by atoms with E-state index in [0.29, 0.717) is 0 Å². The number of carbonyl (C=O) groups excluding carboxylic acids is 2. The number of carbonyl (C=O) groups is 2. The summed E-state index contributed by atoms with van der Waals surface area (Å²) in [6, 6.07) is 0. The third-order valence-electron chi connectivity index (χ3n) is 1.94. The summed E-state index contributed by atoms with van der Waals surface area (Å²) in [6.07, 6.45) is 0.494. The normalized spacial score (nSPS) is 11.9. The van der Waals surface area contributed by atoms with Gasteiger partial charge in [-0.1, -0.05) is 0 Å². The Morgan fingerprint density at radius 1 is 1.59 bits per heavy atom. The van der Waals surface area contributed by atoms with E-state index in [4.69, 9.17) is 10.5 Å². The standard InChI is InChI=1S/C9H15N5O3/c1-6(8(16)13(2)3)17-7(15)4-14-5-11-9(10)12-14/h5-6H,4H2,1-3H3,(H2,10,12). The van der Waals surface area contributed by atoms with Crippen LogP contribution >= 0.6 is 0 Å². The van der Waals surface area contributed by atoms with Crippen LogP contribution in [0.25, 0.3) is 0 Å². The number of nitrogens with zero attached hydrogens (tertiary/aromatic N) is 4. The van der Waals surface area contributed by atoms with E-state index in [1.807, 2.05) is 0 Å². The smallest absolute Gasteiger partial charge is 0.328 e. The molecule has 8 heteroatoms. The lowest BCUT2D eigenvalue weighted by Gasteiger charge is -2.16. The first-order valence-electron chi connectivity index (χ1n) is 4.95. The number of anilines is 1. The van der Waals surface area contributed by atoms with Crippen molar-refractivity contribution in [1.82, 2.24) is 19.7 Å². The molecule has 0 radical (unpaired) electrons. The Morgan fingerprint density at radius 3 is 2.71 bits per heavy atom. The van der Waals surface area contributed by atoms with Crippen LogP contribution in [0, 0.1) is 0 Å². The van der Waals surface area contributed by atoms with E-state index < -0.39 is 12.1 Å². The molecule has 17 heavy (non-hydrogen) atoms. The number of esters is 1. The third kappa shape index (κ3) is 3.74. The van der Waals surface area contributed by atoms with Crippen molar-refractivity contribution >= 4 is 17.8 Å². The highest BCUT2D eigenvalue weighted by Gasteiger charge is 2.19. The SMILES string of the molecule is CC(OC(=O)Cn1cnc(N)n1)C(=O)N(C)C. The number of aromatic nitrogens is 3. The van der Waals surface area contributed by atoms with E-state index in [0.717, 1.165) is 0 Å². The number of hydrogen-bond donors (Lipinski definition) is 1. The first kappa shape index (κ1) is 12.9. The van der Waals surface area contributed by atoms with Gasteiger partial charge in [0.05, 0.1) is 0 Å². The zero-order valence-corrected chi connectivity index (χ0v) is 9.95. The maximum atomic E-state index is 11.4. The van der Waals surface area contributed by atoms with Crippen molar-refractivity contribution in [1.29, 1.82) is 0 Å². The molecule has 0 bridgehead atoms. The second kappa shape index (κ2) is 5.28. The highest BCUT2D eigenvalue weighted by atomic mass is 16.5. The van der Waals surface area contributed by atoms with Crippen molar-refractivity contribution in [3.05, 3.63) is 6.33 Å².